The summed E-state index contributed by atoms with van der Waals surface area (Å²) in [5.41, 5.74) is 0.509. The van der Waals surface area contributed by atoms with Gasteiger partial charge in [0.05, 0.1) is 0 Å². The quantitative estimate of drug-likeness (QED) is 0.863. The molecule has 1 rings (SSSR count). The molecule has 0 saturated heterocycles. The third-order valence-corrected chi connectivity index (χ3v) is 1.82. The summed E-state index contributed by atoms with van der Waals surface area (Å²) >= 11 is 2.98. The number of aliphatic hydroxyl groups excluding tert-OH is 1. The van der Waals surface area contributed by atoms with Gasteiger partial charge in [0, 0.05) is 0 Å². The van der Waals surface area contributed by atoms with E-state index in [1.54, 1.807) is 6.92 Å². The molecule has 0 aliphatic heterocycles. The Balaban J connectivity index is 2.94. The van der Waals surface area contributed by atoms with Gasteiger partial charge in [0.15, 0.2) is 10.8 Å². The van der Waals surface area contributed by atoms with E-state index in [0.29, 0.717) is 10.2 Å². The first-order valence-corrected chi connectivity index (χ1v) is 4.03. The van der Waals surface area contributed by atoms with Gasteiger partial charge in [-0.3, -0.25) is 0 Å². The second kappa shape index (κ2) is 3.53. The Morgan fingerprint density at radius 2 is 2.17 bits per heavy atom. The Hall–Kier alpha value is -0.420. The van der Waals surface area contributed by atoms with Crippen molar-refractivity contribution in [2.75, 3.05) is 0 Å². The summed E-state index contributed by atoms with van der Waals surface area (Å²) in [7, 11) is 0. The van der Waals surface area contributed by atoms with Crippen LogP contribution in [0.5, 0.6) is 0 Å². The zero-order chi connectivity index (χ0) is 9.30. The van der Waals surface area contributed by atoms with Crippen LogP contribution in [0.25, 0.3) is 0 Å². The number of alkyl halides is 2. The second-order valence-electron chi connectivity index (χ2n) is 2.38. The van der Waals surface area contributed by atoms with E-state index in [0.717, 1.165) is 0 Å². The highest BCUT2D eigenvalue weighted by Crippen LogP contribution is 2.28. The summed E-state index contributed by atoms with van der Waals surface area (Å²) in [6, 6.07) is 1.53. The van der Waals surface area contributed by atoms with Crippen LogP contribution >= 0.6 is 15.9 Å². The fraction of sp³-hybridized carbons (Fsp3) is 0.429. The number of furan rings is 1. The van der Waals surface area contributed by atoms with E-state index in [2.05, 4.69) is 15.9 Å². The van der Waals surface area contributed by atoms with Crippen molar-refractivity contribution in [2.45, 2.75) is 19.5 Å². The highest BCUT2D eigenvalue weighted by atomic mass is 79.9. The minimum absolute atomic E-state index is 0.0862. The lowest BCUT2D eigenvalue weighted by Crippen LogP contribution is -2.07. The van der Waals surface area contributed by atoms with Crippen molar-refractivity contribution in [1.29, 1.82) is 0 Å². The molecule has 68 valence electrons. The summed E-state index contributed by atoms with van der Waals surface area (Å²) in [5, 5.41) is 8.93. The standard InChI is InChI=1S/C7H7BrF2O2/c1-3-2-4(8)12-6(3)5(11)7(9)10/h2,5,7,11H,1H3. The van der Waals surface area contributed by atoms with E-state index in [-0.39, 0.29) is 5.76 Å². The Morgan fingerprint density at radius 1 is 1.58 bits per heavy atom. The number of hydrogen-bond acceptors (Lipinski definition) is 2. The minimum Gasteiger partial charge on any atom is -0.451 e. The molecule has 0 amide bonds. The van der Waals surface area contributed by atoms with Crippen molar-refractivity contribution in [1.82, 2.24) is 0 Å². The molecule has 0 spiro atoms. The molecule has 0 bridgehead atoms. The molecule has 12 heavy (non-hydrogen) atoms. The van der Waals surface area contributed by atoms with E-state index in [1.165, 1.54) is 6.07 Å². The molecule has 0 aromatic carbocycles. The van der Waals surface area contributed by atoms with E-state index >= 15 is 0 Å². The van der Waals surface area contributed by atoms with Gasteiger partial charge < -0.3 is 9.52 Å². The van der Waals surface area contributed by atoms with E-state index < -0.39 is 12.5 Å². The van der Waals surface area contributed by atoms with E-state index in [9.17, 15) is 8.78 Å². The predicted molar refractivity (Wildman–Crippen MR) is 42.1 cm³/mol. The summed E-state index contributed by atoms with van der Waals surface area (Å²) in [6.07, 6.45) is -4.65. The number of rotatable bonds is 2. The second-order valence-corrected chi connectivity index (χ2v) is 3.16. The Bertz CT molecular complexity index is 272. The van der Waals surface area contributed by atoms with Crippen LogP contribution in [0.2, 0.25) is 0 Å². The van der Waals surface area contributed by atoms with Crippen LogP contribution in [-0.2, 0) is 0 Å². The fourth-order valence-electron chi connectivity index (χ4n) is 0.864. The first kappa shape index (κ1) is 9.67. The summed E-state index contributed by atoms with van der Waals surface area (Å²) < 4.78 is 29.1. The lowest BCUT2D eigenvalue weighted by molar-refractivity contribution is -0.0185. The zero-order valence-corrected chi connectivity index (χ0v) is 7.81. The average molecular weight is 241 g/mol. The number of aryl methyl sites for hydroxylation is 1. The third kappa shape index (κ3) is 1.84. The van der Waals surface area contributed by atoms with Crippen molar-refractivity contribution < 1.29 is 18.3 Å². The Kier molecular flexibility index (Phi) is 2.85. The van der Waals surface area contributed by atoms with Gasteiger partial charge in [0.25, 0.3) is 6.43 Å². The maximum absolute atomic E-state index is 12.0. The smallest absolute Gasteiger partial charge is 0.271 e. The molecule has 0 saturated carbocycles. The van der Waals surface area contributed by atoms with Crippen LogP contribution in [0, 0.1) is 6.92 Å². The molecule has 1 aromatic heterocycles. The maximum Gasteiger partial charge on any atom is 0.271 e. The van der Waals surface area contributed by atoms with Crippen molar-refractivity contribution >= 4 is 15.9 Å². The molecule has 1 aromatic rings. The monoisotopic (exact) mass is 240 g/mol. The molecule has 0 fully saturated rings. The summed E-state index contributed by atoms with van der Waals surface area (Å²) in [6.45, 7) is 1.59. The van der Waals surface area contributed by atoms with Crippen LogP contribution in [0.3, 0.4) is 0 Å². The summed E-state index contributed by atoms with van der Waals surface area (Å²) in [5.74, 6) is -0.0862. The Labute approximate surface area is 76.3 Å². The van der Waals surface area contributed by atoms with Crippen LogP contribution in [0.15, 0.2) is 15.2 Å². The molecule has 1 heterocycles. The largest absolute Gasteiger partial charge is 0.451 e. The van der Waals surface area contributed by atoms with Crippen LogP contribution in [0.4, 0.5) is 8.78 Å². The highest BCUT2D eigenvalue weighted by molar-refractivity contribution is 9.10. The normalized spacial score (nSPS) is 13.8. The molecule has 0 aliphatic carbocycles. The fourth-order valence-corrected chi connectivity index (χ4v) is 1.38. The topological polar surface area (TPSA) is 33.4 Å². The van der Waals surface area contributed by atoms with Crippen molar-refractivity contribution in [3.05, 3.63) is 22.1 Å². The highest BCUT2D eigenvalue weighted by Gasteiger charge is 2.24. The molecular formula is C7H7BrF2O2. The van der Waals surface area contributed by atoms with Crippen molar-refractivity contribution in [3.8, 4) is 0 Å². The molecule has 0 radical (unpaired) electrons. The van der Waals surface area contributed by atoms with Gasteiger partial charge in [0.1, 0.15) is 5.76 Å². The summed E-state index contributed by atoms with van der Waals surface area (Å²) in [4.78, 5) is 0. The molecule has 0 aliphatic rings. The third-order valence-electron chi connectivity index (χ3n) is 1.43. The molecular weight excluding hydrogens is 234 g/mol. The number of hydrogen-bond donors (Lipinski definition) is 1. The van der Waals surface area contributed by atoms with Gasteiger partial charge in [-0.05, 0) is 34.5 Å². The lowest BCUT2D eigenvalue weighted by Gasteiger charge is -2.06. The van der Waals surface area contributed by atoms with E-state index in [4.69, 9.17) is 9.52 Å². The van der Waals surface area contributed by atoms with Gasteiger partial charge in [-0.2, -0.15) is 0 Å². The first-order valence-electron chi connectivity index (χ1n) is 3.24. The van der Waals surface area contributed by atoms with Crippen molar-refractivity contribution in [3.63, 3.8) is 0 Å². The SMILES string of the molecule is Cc1cc(Br)oc1C(O)C(F)F. The van der Waals surface area contributed by atoms with E-state index in [1.807, 2.05) is 0 Å². The molecule has 1 unspecified atom stereocenters. The molecule has 1 atom stereocenters. The Morgan fingerprint density at radius 3 is 2.50 bits per heavy atom. The number of halogens is 3. The van der Waals surface area contributed by atoms with Gasteiger partial charge in [-0.25, -0.2) is 8.78 Å². The van der Waals surface area contributed by atoms with Crippen LogP contribution < -0.4 is 0 Å². The first-order chi connectivity index (χ1) is 5.52. The number of aliphatic hydroxyl groups is 1. The van der Waals surface area contributed by atoms with Crippen LogP contribution in [0.1, 0.15) is 17.4 Å². The lowest BCUT2D eigenvalue weighted by atomic mass is 10.2. The van der Waals surface area contributed by atoms with Crippen molar-refractivity contribution in [2.24, 2.45) is 0 Å². The molecule has 1 N–H and O–H groups in total. The van der Waals surface area contributed by atoms with Gasteiger partial charge in [-0.1, -0.05) is 0 Å². The average Bonchev–Trinajstić information content (AvgIpc) is 2.28. The van der Waals surface area contributed by atoms with Gasteiger partial charge in [-0.15, -0.1) is 0 Å². The van der Waals surface area contributed by atoms with Crippen LogP contribution in [-0.4, -0.2) is 11.5 Å². The minimum atomic E-state index is -2.82. The predicted octanol–water partition coefficient (Wildman–Crippen LogP) is 2.65. The van der Waals surface area contributed by atoms with Gasteiger partial charge in [0.2, 0.25) is 0 Å². The zero-order valence-electron chi connectivity index (χ0n) is 6.22. The molecule has 2 nitrogen and oxygen atoms in total. The van der Waals surface area contributed by atoms with Gasteiger partial charge >= 0.3 is 0 Å². The maximum atomic E-state index is 12.0. The molecule has 5 heteroatoms.